The summed E-state index contributed by atoms with van der Waals surface area (Å²) in [5.74, 6) is 0.116. The van der Waals surface area contributed by atoms with E-state index >= 15 is 0 Å². The minimum atomic E-state index is -0.110. The molecule has 1 amide bonds. The number of carbonyl (C=O) groups is 1. The first-order chi connectivity index (χ1) is 7.86. The zero-order chi connectivity index (χ0) is 13.5. The van der Waals surface area contributed by atoms with Crippen LogP contribution < -0.4 is 10.6 Å². The van der Waals surface area contributed by atoms with Crippen molar-refractivity contribution >= 4 is 5.91 Å². The summed E-state index contributed by atoms with van der Waals surface area (Å²) in [7, 11) is 0. The lowest BCUT2D eigenvalue weighted by Gasteiger charge is -2.26. The van der Waals surface area contributed by atoms with Crippen LogP contribution in [0.1, 0.15) is 60.8 Å². The molecule has 0 radical (unpaired) electrons. The molecule has 0 aromatic heterocycles. The maximum absolute atomic E-state index is 11.9. The fourth-order valence-corrected chi connectivity index (χ4v) is 1.47. The molecule has 3 heteroatoms. The quantitative estimate of drug-likeness (QED) is 0.687. The number of amides is 1. The minimum absolute atomic E-state index is 0.110. The van der Waals surface area contributed by atoms with Gasteiger partial charge >= 0.3 is 0 Å². The van der Waals surface area contributed by atoms with Gasteiger partial charge in [-0.05, 0) is 31.6 Å². The van der Waals surface area contributed by atoms with Crippen LogP contribution in [-0.4, -0.2) is 24.5 Å². The molecular weight excluding hydrogens is 212 g/mol. The summed E-state index contributed by atoms with van der Waals surface area (Å²) in [6.07, 6.45) is 3.10. The van der Waals surface area contributed by atoms with Gasteiger partial charge < -0.3 is 10.6 Å². The second-order valence-electron chi connectivity index (χ2n) is 5.64. The number of nitrogens with one attached hydrogen (secondary N) is 2. The molecule has 0 aromatic rings. The first-order valence-electron chi connectivity index (χ1n) is 6.90. The first-order valence-corrected chi connectivity index (χ1v) is 6.90. The molecule has 102 valence electrons. The van der Waals surface area contributed by atoms with E-state index in [1.165, 1.54) is 0 Å². The lowest BCUT2D eigenvalue weighted by Crippen LogP contribution is -2.48. The van der Waals surface area contributed by atoms with Crippen molar-refractivity contribution in [1.82, 2.24) is 10.6 Å². The van der Waals surface area contributed by atoms with Crippen LogP contribution in [0.3, 0.4) is 0 Å². The summed E-state index contributed by atoms with van der Waals surface area (Å²) in [5.41, 5.74) is 0.253. The Balaban J connectivity index is 4.06. The van der Waals surface area contributed by atoms with Gasteiger partial charge in [0.05, 0.1) is 6.04 Å². The highest BCUT2D eigenvalue weighted by molar-refractivity contribution is 5.81. The molecule has 0 saturated heterocycles. The lowest BCUT2D eigenvalue weighted by atomic mass is 9.90. The third-order valence-electron chi connectivity index (χ3n) is 3.57. The molecule has 3 nitrogen and oxygen atoms in total. The molecule has 0 aromatic carbocycles. The summed E-state index contributed by atoms with van der Waals surface area (Å²) in [4.78, 5) is 11.9. The molecule has 0 aliphatic carbocycles. The van der Waals surface area contributed by atoms with Crippen LogP contribution in [-0.2, 0) is 4.79 Å². The van der Waals surface area contributed by atoms with Crippen LogP contribution in [0, 0.1) is 5.41 Å². The third-order valence-corrected chi connectivity index (χ3v) is 3.57. The van der Waals surface area contributed by atoms with Crippen molar-refractivity contribution in [2.45, 2.75) is 72.9 Å². The molecule has 17 heavy (non-hydrogen) atoms. The summed E-state index contributed by atoms with van der Waals surface area (Å²) in [6, 6.07) is 0.201. The van der Waals surface area contributed by atoms with Gasteiger partial charge in [-0.15, -0.1) is 0 Å². The Morgan fingerprint density at radius 2 is 1.71 bits per heavy atom. The van der Waals surface area contributed by atoms with Crippen LogP contribution >= 0.6 is 0 Å². The largest absolute Gasteiger partial charge is 0.352 e. The summed E-state index contributed by atoms with van der Waals surface area (Å²) >= 11 is 0. The van der Waals surface area contributed by atoms with E-state index in [1.54, 1.807) is 0 Å². The van der Waals surface area contributed by atoms with Crippen molar-refractivity contribution in [2.24, 2.45) is 5.41 Å². The van der Waals surface area contributed by atoms with Gasteiger partial charge in [-0.1, -0.05) is 34.6 Å². The van der Waals surface area contributed by atoms with E-state index in [4.69, 9.17) is 0 Å². The normalized spacial score (nSPS) is 13.8. The summed E-state index contributed by atoms with van der Waals surface area (Å²) < 4.78 is 0. The molecule has 0 saturated carbocycles. The van der Waals surface area contributed by atoms with E-state index in [2.05, 4.69) is 45.3 Å². The van der Waals surface area contributed by atoms with Gasteiger partial charge in [0.25, 0.3) is 0 Å². The standard InChI is InChI=1S/C14H30N2O/c1-7-12(8-2)16-13(17)11(4)15-10-14(5,6)9-3/h11-12,15H,7-10H2,1-6H3,(H,16,17). The summed E-state index contributed by atoms with van der Waals surface area (Å²) in [5, 5.41) is 6.38. The van der Waals surface area contributed by atoms with Crippen molar-refractivity contribution in [3.63, 3.8) is 0 Å². The Hall–Kier alpha value is -0.570. The Bertz CT molecular complexity index is 222. The lowest BCUT2D eigenvalue weighted by molar-refractivity contribution is -0.123. The maximum Gasteiger partial charge on any atom is 0.237 e. The van der Waals surface area contributed by atoms with Crippen LogP contribution in [0.4, 0.5) is 0 Å². The summed E-state index contributed by atoms with van der Waals surface area (Å²) in [6.45, 7) is 13.6. The third kappa shape index (κ3) is 6.67. The molecule has 1 atom stereocenters. The van der Waals surface area contributed by atoms with Crippen molar-refractivity contribution in [3.05, 3.63) is 0 Å². The van der Waals surface area contributed by atoms with Gasteiger partial charge in [-0.3, -0.25) is 4.79 Å². The Morgan fingerprint density at radius 1 is 1.18 bits per heavy atom. The van der Waals surface area contributed by atoms with Gasteiger partial charge in [-0.2, -0.15) is 0 Å². The topological polar surface area (TPSA) is 41.1 Å². The fourth-order valence-electron chi connectivity index (χ4n) is 1.47. The van der Waals surface area contributed by atoms with Gasteiger partial charge in [0, 0.05) is 12.6 Å². The van der Waals surface area contributed by atoms with E-state index in [9.17, 15) is 4.79 Å². The Labute approximate surface area is 107 Å². The van der Waals surface area contributed by atoms with Gasteiger partial charge in [-0.25, -0.2) is 0 Å². The average molecular weight is 242 g/mol. The highest BCUT2D eigenvalue weighted by Crippen LogP contribution is 2.17. The molecule has 0 bridgehead atoms. The van der Waals surface area contributed by atoms with Crippen molar-refractivity contribution in [2.75, 3.05) is 6.54 Å². The Morgan fingerprint density at radius 3 is 2.12 bits per heavy atom. The van der Waals surface area contributed by atoms with Gasteiger partial charge in [0.2, 0.25) is 5.91 Å². The Kier molecular flexibility index (Phi) is 7.44. The van der Waals surface area contributed by atoms with Crippen LogP contribution in [0.15, 0.2) is 0 Å². The second kappa shape index (κ2) is 7.70. The minimum Gasteiger partial charge on any atom is -0.352 e. The molecular formula is C14H30N2O. The van der Waals surface area contributed by atoms with Crippen LogP contribution in [0.5, 0.6) is 0 Å². The zero-order valence-electron chi connectivity index (χ0n) is 12.4. The predicted octanol–water partition coefficient (Wildman–Crippen LogP) is 2.71. The highest BCUT2D eigenvalue weighted by Gasteiger charge is 2.20. The average Bonchev–Trinajstić information content (AvgIpc) is 2.32. The first kappa shape index (κ1) is 16.4. The molecule has 1 unspecified atom stereocenters. The zero-order valence-corrected chi connectivity index (χ0v) is 12.4. The second-order valence-corrected chi connectivity index (χ2v) is 5.64. The van der Waals surface area contributed by atoms with E-state index in [-0.39, 0.29) is 17.4 Å². The van der Waals surface area contributed by atoms with Gasteiger partial charge in [0.1, 0.15) is 0 Å². The van der Waals surface area contributed by atoms with Crippen molar-refractivity contribution < 1.29 is 4.79 Å². The maximum atomic E-state index is 11.9. The predicted molar refractivity (Wildman–Crippen MR) is 74.0 cm³/mol. The molecule has 0 fully saturated rings. The number of hydrogen-bond donors (Lipinski definition) is 2. The fraction of sp³-hybridized carbons (Fsp3) is 0.929. The van der Waals surface area contributed by atoms with E-state index < -0.39 is 0 Å². The monoisotopic (exact) mass is 242 g/mol. The number of rotatable bonds is 8. The SMILES string of the molecule is CCC(CC)NC(=O)C(C)NCC(C)(C)CC. The van der Waals surface area contributed by atoms with E-state index in [0.717, 1.165) is 25.8 Å². The molecule has 0 aliphatic rings. The molecule has 0 aliphatic heterocycles. The van der Waals surface area contributed by atoms with E-state index in [0.29, 0.717) is 6.04 Å². The van der Waals surface area contributed by atoms with Gasteiger partial charge in [0.15, 0.2) is 0 Å². The number of carbonyl (C=O) groups excluding carboxylic acids is 1. The van der Waals surface area contributed by atoms with Crippen LogP contribution in [0.2, 0.25) is 0 Å². The van der Waals surface area contributed by atoms with Crippen molar-refractivity contribution in [3.8, 4) is 0 Å². The molecule has 0 rings (SSSR count). The number of hydrogen-bond acceptors (Lipinski definition) is 2. The molecule has 2 N–H and O–H groups in total. The van der Waals surface area contributed by atoms with Crippen molar-refractivity contribution in [1.29, 1.82) is 0 Å². The highest BCUT2D eigenvalue weighted by atomic mass is 16.2. The molecule has 0 heterocycles. The molecule has 0 spiro atoms. The van der Waals surface area contributed by atoms with E-state index in [1.807, 2.05) is 6.92 Å². The van der Waals surface area contributed by atoms with Crippen LogP contribution in [0.25, 0.3) is 0 Å². The smallest absolute Gasteiger partial charge is 0.237 e.